The molecule has 3 rings (SSSR count). The van der Waals surface area contributed by atoms with E-state index in [1.165, 1.54) is 12.1 Å². The molecule has 0 fully saturated rings. The van der Waals surface area contributed by atoms with Crippen molar-refractivity contribution in [2.45, 2.75) is 18.2 Å². The van der Waals surface area contributed by atoms with Gasteiger partial charge in [-0.3, -0.25) is 4.72 Å². The molecular formula is C17H14N2O2S. The van der Waals surface area contributed by atoms with E-state index in [9.17, 15) is 8.42 Å². The third-order valence-electron chi connectivity index (χ3n) is 3.67. The van der Waals surface area contributed by atoms with E-state index in [1.54, 1.807) is 18.2 Å². The van der Waals surface area contributed by atoms with Crippen LogP contribution in [0, 0.1) is 6.57 Å². The number of benzene rings is 2. The summed E-state index contributed by atoms with van der Waals surface area (Å²) in [5, 5.41) is 0. The standard InChI is InChI=1S/C17H14N2O2S/c1-12-9-10-13-5-3-8-16(17(12)13)19-22(20,21)15-7-4-6-14(11-15)18-2/h3-9,11,19H,10H2,1H3. The van der Waals surface area contributed by atoms with Crippen molar-refractivity contribution in [2.75, 3.05) is 4.72 Å². The lowest BCUT2D eigenvalue weighted by Gasteiger charge is -2.13. The zero-order valence-electron chi connectivity index (χ0n) is 12.0. The Morgan fingerprint density at radius 1 is 1.18 bits per heavy atom. The van der Waals surface area contributed by atoms with Gasteiger partial charge in [-0.15, -0.1) is 0 Å². The summed E-state index contributed by atoms with van der Waals surface area (Å²) in [4.78, 5) is 3.37. The largest absolute Gasteiger partial charge is 0.279 e. The molecule has 0 heterocycles. The van der Waals surface area contributed by atoms with Gasteiger partial charge in [-0.25, -0.2) is 13.3 Å². The van der Waals surface area contributed by atoms with Crippen LogP contribution in [0.4, 0.5) is 11.4 Å². The Bertz CT molecular complexity index is 922. The van der Waals surface area contributed by atoms with Crippen LogP contribution in [0.15, 0.2) is 53.4 Å². The number of rotatable bonds is 3. The highest BCUT2D eigenvalue weighted by Gasteiger charge is 2.20. The van der Waals surface area contributed by atoms with Crippen LogP contribution in [0.3, 0.4) is 0 Å². The number of nitrogens with zero attached hydrogens (tertiary/aromatic N) is 1. The van der Waals surface area contributed by atoms with Crippen molar-refractivity contribution in [2.24, 2.45) is 0 Å². The molecule has 0 spiro atoms. The van der Waals surface area contributed by atoms with Gasteiger partial charge in [-0.05, 0) is 42.7 Å². The minimum Gasteiger partial charge on any atom is -0.279 e. The van der Waals surface area contributed by atoms with Gasteiger partial charge < -0.3 is 0 Å². The molecule has 0 atom stereocenters. The maximum atomic E-state index is 12.5. The molecule has 1 N–H and O–H groups in total. The monoisotopic (exact) mass is 310 g/mol. The minimum absolute atomic E-state index is 0.0956. The second kappa shape index (κ2) is 5.32. The molecule has 4 nitrogen and oxygen atoms in total. The average Bonchev–Trinajstić information content (AvgIpc) is 2.90. The van der Waals surface area contributed by atoms with Crippen LogP contribution >= 0.6 is 0 Å². The van der Waals surface area contributed by atoms with E-state index < -0.39 is 10.0 Å². The molecule has 2 aromatic rings. The smallest absolute Gasteiger partial charge is 0.260 e. The summed E-state index contributed by atoms with van der Waals surface area (Å²) < 4.78 is 27.7. The molecule has 0 aromatic heterocycles. The van der Waals surface area contributed by atoms with E-state index in [2.05, 4.69) is 15.6 Å². The fraction of sp³-hybridized carbons (Fsp3) is 0.118. The molecule has 1 aliphatic rings. The lowest BCUT2D eigenvalue weighted by molar-refractivity contribution is 0.601. The maximum Gasteiger partial charge on any atom is 0.260 e. The summed E-state index contributed by atoms with van der Waals surface area (Å²) in [6, 6.07) is 11.6. The van der Waals surface area contributed by atoms with Crippen molar-refractivity contribution in [3.8, 4) is 0 Å². The van der Waals surface area contributed by atoms with Crippen LogP contribution in [0.25, 0.3) is 10.4 Å². The first kappa shape index (κ1) is 14.4. The van der Waals surface area contributed by atoms with Gasteiger partial charge in [0.15, 0.2) is 5.69 Å². The van der Waals surface area contributed by atoms with E-state index in [-0.39, 0.29) is 4.90 Å². The first-order chi connectivity index (χ1) is 10.5. The number of hydrogen-bond acceptors (Lipinski definition) is 2. The Morgan fingerprint density at radius 3 is 2.73 bits per heavy atom. The van der Waals surface area contributed by atoms with Crippen LogP contribution in [0.5, 0.6) is 0 Å². The SMILES string of the molecule is [C-]#[N+]c1cccc(S(=O)(=O)Nc2cccc3c2C(C)=CC3)c1. The second-order valence-corrected chi connectivity index (χ2v) is 6.83. The summed E-state index contributed by atoms with van der Waals surface area (Å²) >= 11 is 0. The van der Waals surface area contributed by atoms with Gasteiger partial charge in [0.1, 0.15) is 0 Å². The number of allylic oxidation sites excluding steroid dienone is 2. The van der Waals surface area contributed by atoms with Crippen LogP contribution in [0.1, 0.15) is 18.1 Å². The third-order valence-corrected chi connectivity index (χ3v) is 5.04. The fourth-order valence-electron chi connectivity index (χ4n) is 2.61. The van der Waals surface area contributed by atoms with E-state index >= 15 is 0 Å². The molecular weight excluding hydrogens is 296 g/mol. The number of hydrogen-bond donors (Lipinski definition) is 1. The van der Waals surface area contributed by atoms with E-state index in [0.717, 1.165) is 23.1 Å². The number of anilines is 1. The van der Waals surface area contributed by atoms with Crippen molar-refractivity contribution < 1.29 is 8.42 Å². The number of fused-ring (bicyclic) bond motifs is 1. The van der Waals surface area contributed by atoms with Gasteiger partial charge in [0.25, 0.3) is 10.0 Å². The lowest BCUT2D eigenvalue weighted by atomic mass is 10.0. The summed E-state index contributed by atoms with van der Waals surface area (Å²) in [6.07, 6.45) is 2.91. The Morgan fingerprint density at radius 2 is 1.95 bits per heavy atom. The Kier molecular flexibility index (Phi) is 3.47. The van der Waals surface area contributed by atoms with Crippen molar-refractivity contribution >= 4 is 27.0 Å². The van der Waals surface area contributed by atoms with Crippen LogP contribution in [-0.2, 0) is 16.4 Å². The van der Waals surface area contributed by atoms with Crippen LogP contribution < -0.4 is 4.72 Å². The molecule has 0 amide bonds. The molecule has 22 heavy (non-hydrogen) atoms. The fourth-order valence-corrected chi connectivity index (χ4v) is 3.72. The molecule has 1 aliphatic carbocycles. The van der Waals surface area contributed by atoms with E-state index in [0.29, 0.717) is 11.4 Å². The number of nitrogens with one attached hydrogen (secondary N) is 1. The zero-order valence-corrected chi connectivity index (χ0v) is 12.8. The van der Waals surface area contributed by atoms with Gasteiger partial charge >= 0.3 is 0 Å². The van der Waals surface area contributed by atoms with Crippen molar-refractivity contribution in [3.05, 3.63) is 71.1 Å². The molecule has 0 aliphatic heterocycles. The highest BCUT2D eigenvalue weighted by Crippen LogP contribution is 2.34. The molecule has 5 heteroatoms. The highest BCUT2D eigenvalue weighted by molar-refractivity contribution is 7.92. The van der Waals surface area contributed by atoms with Gasteiger partial charge in [0.05, 0.1) is 17.2 Å². The van der Waals surface area contributed by atoms with E-state index in [4.69, 9.17) is 6.57 Å². The van der Waals surface area contributed by atoms with Crippen molar-refractivity contribution in [1.29, 1.82) is 0 Å². The summed E-state index contributed by atoms with van der Waals surface area (Å²) in [6.45, 7) is 8.97. The Labute approximate surface area is 130 Å². The first-order valence-electron chi connectivity index (χ1n) is 6.80. The van der Waals surface area contributed by atoms with Gasteiger partial charge in [-0.1, -0.05) is 30.3 Å². The van der Waals surface area contributed by atoms with Gasteiger partial charge in [-0.2, -0.15) is 0 Å². The second-order valence-electron chi connectivity index (χ2n) is 5.15. The van der Waals surface area contributed by atoms with Gasteiger partial charge in [0.2, 0.25) is 0 Å². The van der Waals surface area contributed by atoms with Crippen molar-refractivity contribution in [3.63, 3.8) is 0 Å². The van der Waals surface area contributed by atoms with Gasteiger partial charge in [0, 0.05) is 5.56 Å². The molecule has 0 bridgehead atoms. The highest BCUT2D eigenvalue weighted by atomic mass is 32.2. The number of sulfonamides is 1. The lowest BCUT2D eigenvalue weighted by Crippen LogP contribution is -2.14. The molecule has 0 radical (unpaired) electrons. The van der Waals surface area contributed by atoms with Crippen molar-refractivity contribution in [1.82, 2.24) is 0 Å². The molecule has 110 valence electrons. The average molecular weight is 310 g/mol. The predicted octanol–water partition coefficient (Wildman–Crippen LogP) is 4.00. The summed E-state index contributed by atoms with van der Waals surface area (Å²) in [5.74, 6) is 0. The summed E-state index contributed by atoms with van der Waals surface area (Å²) in [7, 11) is -3.71. The van der Waals surface area contributed by atoms with Crippen LogP contribution in [-0.4, -0.2) is 8.42 Å². The summed E-state index contributed by atoms with van der Waals surface area (Å²) in [5.41, 5.74) is 4.03. The topological polar surface area (TPSA) is 50.5 Å². The Hall–Kier alpha value is -2.58. The minimum atomic E-state index is -3.71. The van der Waals surface area contributed by atoms with E-state index in [1.807, 2.05) is 19.1 Å². The third kappa shape index (κ3) is 2.49. The van der Waals surface area contributed by atoms with Crippen LogP contribution in [0.2, 0.25) is 0 Å². The molecule has 2 aromatic carbocycles. The molecule has 0 unspecified atom stereocenters. The first-order valence-corrected chi connectivity index (χ1v) is 8.29. The Balaban J connectivity index is 2.02. The maximum absolute atomic E-state index is 12.5. The zero-order chi connectivity index (χ0) is 15.7. The molecule has 0 saturated heterocycles. The quantitative estimate of drug-likeness (QED) is 0.871. The normalized spacial score (nSPS) is 13.2. The predicted molar refractivity (Wildman–Crippen MR) is 87.3 cm³/mol. The molecule has 0 saturated carbocycles.